The average molecular weight is 629 g/mol. The molecule has 0 amide bonds. The van der Waals surface area contributed by atoms with Gasteiger partial charge in [0.25, 0.3) is 0 Å². The Kier molecular flexibility index (Phi) is 6.19. The zero-order valence-corrected chi connectivity index (χ0v) is 26.5. The molecule has 5 nitrogen and oxygen atoms in total. The number of nitrogens with zero attached hydrogens (tertiary/aromatic N) is 4. The molecule has 10 rings (SSSR count). The molecule has 49 heavy (non-hydrogen) atoms. The molecule has 2 aromatic heterocycles. The van der Waals surface area contributed by atoms with Gasteiger partial charge in [0, 0.05) is 22.3 Å². The Hall–Kier alpha value is -6.56. The van der Waals surface area contributed by atoms with Crippen LogP contribution in [0.1, 0.15) is 33.6 Å². The largest absolute Gasteiger partial charge is 0.248 e. The molecule has 5 heteroatoms. The summed E-state index contributed by atoms with van der Waals surface area (Å²) >= 11 is 0. The molecule has 0 saturated carbocycles. The van der Waals surface area contributed by atoms with Crippen molar-refractivity contribution in [1.82, 2.24) is 9.35 Å². The van der Waals surface area contributed by atoms with E-state index in [9.17, 15) is 0 Å². The number of fused-ring (bicyclic) bond motifs is 2. The summed E-state index contributed by atoms with van der Waals surface area (Å²) in [5, 5.41) is 2.11. The summed E-state index contributed by atoms with van der Waals surface area (Å²) in [4.78, 5) is 10.8. The van der Waals surface area contributed by atoms with E-state index in [4.69, 9.17) is 9.98 Å². The number of hydrogen-bond acceptors (Lipinski definition) is 2. The van der Waals surface area contributed by atoms with Gasteiger partial charge in [-0.1, -0.05) is 121 Å². The minimum atomic E-state index is 0.938. The molecule has 2 N–H and O–H groups in total. The Bertz CT molecular complexity index is 2450. The van der Waals surface area contributed by atoms with Crippen molar-refractivity contribution < 1.29 is 5.53 Å². The summed E-state index contributed by atoms with van der Waals surface area (Å²) in [7, 11) is 0. The highest BCUT2D eigenvalue weighted by molar-refractivity contribution is 6.31. The summed E-state index contributed by atoms with van der Waals surface area (Å²) in [5.74, 6) is 0. The molecule has 230 valence electrons. The van der Waals surface area contributed by atoms with Gasteiger partial charge in [-0.05, 0) is 70.8 Å². The SMILES string of the molecule is C1=CC2=C(c3ccccc3)c3ccc4n3[NH2+]n3c(ccc3=C(c3ccccc3)C3=NC(=C4c4ccccc4)C=C3)=C(c3ccccc3)C1=N2. The van der Waals surface area contributed by atoms with Crippen LogP contribution < -0.4 is 16.2 Å². The van der Waals surface area contributed by atoms with Crippen LogP contribution in [0.3, 0.4) is 0 Å². The topological polar surface area (TPSA) is 51.2 Å². The summed E-state index contributed by atoms with van der Waals surface area (Å²) in [6.45, 7) is 0. The molecule has 4 aromatic carbocycles. The van der Waals surface area contributed by atoms with E-state index in [1.807, 2.05) is 0 Å². The average Bonchev–Trinajstić information content (AvgIpc) is 3.98. The number of allylic oxidation sites excluding steroid dienone is 4. The smallest absolute Gasteiger partial charge is 0.107 e. The normalized spacial score (nSPS) is 15.9. The zero-order chi connectivity index (χ0) is 32.3. The van der Waals surface area contributed by atoms with Crippen molar-refractivity contribution in [2.24, 2.45) is 9.98 Å². The molecule has 0 aliphatic carbocycles. The minimum absolute atomic E-state index is 0.938. The molecule has 4 aliphatic rings. The standard InChI is InChI=1S/C44H29N5/c1-5-13-29(14-6-1)41-33-21-22-34(45-33)42(30-15-7-2-8-16-30)39-27-28-40-44(32-19-11-4-12-20-32)36-24-23-35(46-36)43(31-17-9-3-10-18-31)38-26-25-37(41)48(38)47-49(39)40/h1-28,47H/p+1. The first kappa shape index (κ1) is 27.5. The van der Waals surface area contributed by atoms with Gasteiger partial charge in [-0.25, -0.2) is 9.98 Å². The van der Waals surface area contributed by atoms with E-state index in [1.54, 1.807) is 0 Å². The minimum Gasteiger partial charge on any atom is -0.248 e. The van der Waals surface area contributed by atoms with Crippen LogP contribution in [0.5, 0.6) is 0 Å². The van der Waals surface area contributed by atoms with Crippen molar-refractivity contribution >= 4 is 33.7 Å². The number of nitrogens with two attached hydrogens (primary N) is 1. The van der Waals surface area contributed by atoms with Gasteiger partial charge in [0.15, 0.2) is 0 Å². The van der Waals surface area contributed by atoms with Gasteiger partial charge >= 0.3 is 0 Å². The molecule has 0 spiro atoms. The summed E-state index contributed by atoms with van der Waals surface area (Å²) < 4.78 is 4.70. The van der Waals surface area contributed by atoms with Gasteiger partial charge < -0.3 is 0 Å². The Morgan fingerprint density at radius 3 is 1.10 bits per heavy atom. The van der Waals surface area contributed by atoms with Crippen LogP contribution in [0.25, 0.3) is 22.3 Å². The number of quaternary nitrogens is 1. The van der Waals surface area contributed by atoms with Crippen molar-refractivity contribution in [3.63, 3.8) is 0 Å². The molecular weight excluding hydrogens is 599 g/mol. The van der Waals surface area contributed by atoms with E-state index < -0.39 is 0 Å². The molecule has 0 saturated heterocycles. The number of hydrogen-bond donors (Lipinski definition) is 1. The number of aliphatic imine (C=N–C) groups is 2. The van der Waals surface area contributed by atoms with Crippen molar-refractivity contribution in [3.8, 4) is 0 Å². The Morgan fingerprint density at radius 1 is 0.347 bits per heavy atom. The van der Waals surface area contributed by atoms with Gasteiger partial charge in [-0.3, -0.25) is 0 Å². The maximum absolute atomic E-state index is 5.42. The van der Waals surface area contributed by atoms with E-state index in [-0.39, 0.29) is 0 Å². The van der Waals surface area contributed by atoms with Gasteiger partial charge in [-0.15, -0.1) is 5.53 Å². The molecule has 0 fully saturated rings. The summed E-state index contributed by atoms with van der Waals surface area (Å²) in [6.07, 6.45) is 8.68. The summed E-state index contributed by atoms with van der Waals surface area (Å²) in [5.41, 5.74) is 16.9. The molecule has 6 heterocycles. The Balaban J connectivity index is 1.43. The lowest BCUT2D eigenvalue weighted by Crippen LogP contribution is -2.96. The van der Waals surface area contributed by atoms with Crippen molar-refractivity contribution in [1.29, 1.82) is 0 Å². The van der Waals surface area contributed by atoms with E-state index in [0.717, 1.165) is 89.4 Å². The highest BCUT2D eigenvalue weighted by atomic mass is 15.7. The van der Waals surface area contributed by atoms with E-state index >= 15 is 0 Å². The maximum atomic E-state index is 5.42. The lowest BCUT2D eigenvalue weighted by molar-refractivity contribution is -0.764. The third-order valence-electron chi connectivity index (χ3n) is 9.65. The Morgan fingerprint density at radius 2 is 0.714 bits per heavy atom. The maximum Gasteiger partial charge on any atom is 0.107 e. The second-order valence-electron chi connectivity index (χ2n) is 12.5. The van der Waals surface area contributed by atoms with E-state index in [0.29, 0.717) is 0 Å². The molecule has 0 radical (unpaired) electrons. The fraction of sp³-hybridized carbons (Fsp3) is 0. The first-order valence-electron chi connectivity index (χ1n) is 16.6. The fourth-order valence-corrected chi connectivity index (χ4v) is 7.48. The highest BCUT2D eigenvalue weighted by Crippen LogP contribution is 2.37. The first-order valence-corrected chi connectivity index (χ1v) is 16.6. The van der Waals surface area contributed by atoms with Gasteiger partial charge in [0.05, 0.1) is 22.8 Å². The molecule has 6 bridgehead atoms. The second-order valence-corrected chi connectivity index (χ2v) is 12.5. The monoisotopic (exact) mass is 628 g/mol. The molecule has 4 aliphatic heterocycles. The molecule has 6 aromatic rings. The van der Waals surface area contributed by atoms with Crippen LogP contribution in [0, 0.1) is 0 Å². The molecule has 0 unspecified atom stereocenters. The van der Waals surface area contributed by atoms with E-state index in [1.165, 1.54) is 0 Å². The van der Waals surface area contributed by atoms with Crippen LogP contribution in [0.2, 0.25) is 0 Å². The highest BCUT2D eigenvalue weighted by Gasteiger charge is 2.30. The third kappa shape index (κ3) is 4.37. The van der Waals surface area contributed by atoms with Crippen molar-refractivity contribution in [3.05, 3.63) is 226 Å². The second kappa shape index (κ2) is 11.0. The Labute approximate surface area is 283 Å². The molecule has 0 atom stereocenters. The number of aromatic nitrogens is 2. The third-order valence-corrected chi connectivity index (χ3v) is 9.65. The van der Waals surface area contributed by atoms with Crippen LogP contribution in [0.4, 0.5) is 0 Å². The van der Waals surface area contributed by atoms with Crippen LogP contribution in [-0.4, -0.2) is 20.8 Å². The number of rotatable bonds is 4. The van der Waals surface area contributed by atoms with E-state index in [2.05, 4.69) is 185 Å². The summed E-state index contributed by atoms with van der Waals surface area (Å²) in [6, 6.07) is 51.4. The van der Waals surface area contributed by atoms with Gasteiger partial charge in [0.1, 0.15) is 22.1 Å². The predicted molar refractivity (Wildman–Crippen MR) is 197 cm³/mol. The van der Waals surface area contributed by atoms with Crippen molar-refractivity contribution in [2.45, 2.75) is 0 Å². The van der Waals surface area contributed by atoms with Crippen LogP contribution in [0.15, 0.2) is 191 Å². The lowest BCUT2D eigenvalue weighted by Gasteiger charge is -2.20. The lowest BCUT2D eigenvalue weighted by atomic mass is 10.0. The quantitative estimate of drug-likeness (QED) is 0.232. The van der Waals surface area contributed by atoms with Crippen LogP contribution in [-0.2, 0) is 0 Å². The first-order chi connectivity index (χ1) is 24.3. The van der Waals surface area contributed by atoms with Gasteiger partial charge in [-0.2, -0.15) is 9.35 Å². The predicted octanol–water partition coefficient (Wildman–Crippen LogP) is 6.05. The zero-order valence-electron chi connectivity index (χ0n) is 26.5. The molecular formula is C44H30N5+. The van der Waals surface area contributed by atoms with Crippen molar-refractivity contribution in [2.75, 3.05) is 0 Å². The fourth-order valence-electron chi connectivity index (χ4n) is 7.48. The van der Waals surface area contributed by atoms with Gasteiger partial charge in [0.2, 0.25) is 0 Å². The van der Waals surface area contributed by atoms with Crippen LogP contribution >= 0.6 is 0 Å². The number of benzene rings is 4.